The number of benzene rings is 2. The van der Waals surface area contributed by atoms with Crippen LogP contribution in [0.5, 0.6) is 5.75 Å². The molecule has 40 heavy (non-hydrogen) atoms. The molecule has 1 unspecified atom stereocenters. The first-order valence-electron chi connectivity index (χ1n) is 12.2. The third-order valence-corrected chi connectivity index (χ3v) is 7.29. The fraction of sp³-hybridized carbons (Fsp3) is 0.296. The molecule has 0 bridgehead atoms. The smallest absolute Gasteiger partial charge is 0.450 e. The zero-order valence-corrected chi connectivity index (χ0v) is 21.8. The summed E-state index contributed by atoms with van der Waals surface area (Å²) in [4.78, 5) is 56.0. The van der Waals surface area contributed by atoms with E-state index in [4.69, 9.17) is 10.5 Å². The van der Waals surface area contributed by atoms with Crippen LogP contribution in [0.2, 0.25) is 0 Å². The highest BCUT2D eigenvalue weighted by molar-refractivity contribution is 7.99. The Bertz CT molecular complexity index is 1430. The van der Waals surface area contributed by atoms with Crippen molar-refractivity contribution in [3.8, 4) is 5.75 Å². The van der Waals surface area contributed by atoms with Crippen LogP contribution in [0.3, 0.4) is 0 Å². The molecule has 0 radical (unpaired) electrons. The minimum Gasteiger partial charge on any atom is -0.470 e. The largest absolute Gasteiger partial charge is 0.470 e. The number of fused-ring (bicyclic) bond motifs is 2. The van der Waals surface area contributed by atoms with Gasteiger partial charge in [-0.05, 0) is 42.0 Å². The first-order valence-corrected chi connectivity index (χ1v) is 13.3. The van der Waals surface area contributed by atoms with Crippen LogP contribution in [0.25, 0.3) is 10.9 Å². The van der Waals surface area contributed by atoms with Gasteiger partial charge in [0.15, 0.2) is 6.73 Å². The minimum atomic E-state index is -4.98. The molecule has 13 heteroatoms. The van der Waals surface area contributed by atoms with Gasteiger partial charge < -0.3 is 15.8 Å². The summed E-state index contributed by atoms with van der Waals surface area (Å²) < 4.78 is 43.3. The van der Waals surface area contributed by atoms with Gasteiger partial charge in [-0.15, -0.1) is 0 Å². The lowest BCUT2D eigenvalue weighted by molar-refractivity contribution is -0.167. The third kappa shape index (κ3) is 6.77. The van der Waals surface area contributed by atoms with Gasteiger partial charge in [0.05, 0.1) is 28.9 Å². The maximum Gasteiger partial charge on any atom is 0.450 e. The summed E-state index contributed by atoms with van der Waals surface area (Å²) >= 11 is 0.650. The second kappa shape index (κ2) is 12.5. The second-order valence-corrected chi connectivity index (χ2v) is 10.1. The number of amides is 2. The zero-order chi connectivity index (χ0) is 28.9. The van der Waals surface area contributed by atoms with E-state index in [1.807, 2.05) is 30.3 Å². The first-order chi connectivity index (χ1) is 19.1. The highest BCUT2D eigenvalue weighted by Crippen LogP contribution is 2.34. The molecule has 2 heterocycles. The Morgan fingerprint density at radius 3 is 2.58 bits per heavy atom. The van der Waals surface area contributed by atoms with Crippen molar-refractivity contribution in [1.29, 1.82) is 0 Å². The molecule has 0 saturated heterocycles. The lowest BCUT2D eigenvalue weighted by Gasteiger charge is -2.26. The standard InChI is InChI=1S/C27H25F3N4O5S/c28-27(29,30)22(35)14-40-10-9-18(24(36)26(38)34-15-39-21-8-4-3-7-20(21)34)23(25(31)37)33-13-16-11-17-5-1-2-6-19(17)32-12-16/h1-8,11-12,18,23,33H,9-10,13-15H2,(H2,31,37)/t18?,23-/m0/s1. The van der Waals surface area contributed by atoms with E-state index in [-0.39, 0.29) is 25.4 Å². The molecule has 1 aromatic heterocycles. The number of para-hydroxylation sites is 3. The van der Waals surface area contributed by atoms with Crippen molar-refractivity contribution in [2.24, 2.45) is 11.7 Å². The topological polar surface area (TPSA) is 132 Å². The fourth-order valence-electron chi connectivity index (χ4n) is 4.25. The number of carbonyl (C=O) groups excluding carboxylic acids is 4. The predicted octanol–water partition coefficient (Wildman–Crippen LogP) is 3.00. The van der Waals surface area contributed by atoms with Crippen molar-refractivity contribution in [2.45, 2.75) is 25.2 Å². The molecule has 9 nitrogen and oxygen atoms in total. The number of ketones is 2. The molecule has 0 aliphatic carbocycles. The van der Waals surface area contributed by atoms with Gasteiger partial charge in [-0.1, -0.05) is 30.3 Å². The maximum absolute atomic E-state index is 13.5. The third-order valence-electron chi connectivity index (χ3n) is 6.30. The van der Waals surface area contributed by atoms with Gasteiger partial charge in [0, 0.05) is 18.1 Å². The Labute approximate surface area is 231 Å². The van der Waals surface area contributed by atoms with Crippen molar-refractivity contribution in [3.63, 3.8) is 0 Å². The quantitative estimate of drug-likeness (QED) is 0.249. The molecule has 2 aromatic carbocycles. The van der Waals surface area contributed by atoms with Gasteiger partial charge in [-0.25, -0.2) is 0 Å². The Morgan fingerprint density at radius 2 is 1.82 bits per heavy atom. The Morgan fingerprint density at radius 1 is 1.10 bits per heavy atom. The van der Waals surface area contributed by atoms with E-state index in [9.17, 15) is 32.3 Å². The number of carbonyl (C=O) groups is 4. The van der Waals surface area contributed by atoms with Crippen molar-refractivity contribution in [3.05, 3.63) is 66.4 Å². The number of hydrogen-bond donors (Lipinski definition) is 2. The van der Waals surface area contributed by atoms with E-state index in [0.717, 1.165) is 15.8 Å². The molecule has 3 aromatic rings. The molecule has 1 aliphatic rings. The zero-order valence-electron chi connectivity index (χ0n) is 21.0. The normalized spacial score (nSPS) is 14.3. The van der Waals surface area contributed by atoms with E-state index in [1.54, 1.807) is 30.5 Å². The molecule has 0 fully saturated rings. The van der Waals surface area contributed by atoms with Gasteiger partial charge in [-0.2, -0.15) is 24.9 Å². The number of anilines is 1. The number of halogens is 3. The molecule has 2 atom stereocenters. The average Bonchev–Trinajstić information content (AvgIpc) is 3.36. The number of pyridine rings is 1. The van der Waals surface area contributed by atoms with Crippen molar-refractivity contribution >= 4 is 51.7 Å². The monoisotopic (exact) mass is 574 g/mol. The molecule has 1 aliphatic heterocycles. The summed E-state index contributed by atoms with van der Waals surface area (Å²) in [5, 5.41) is 3.77. The first kappa shape index (κ1) is 29.0. The lowest BCUT2D eigenvalue weighted by atomic mass is 9.90. The fourth-order valence-corrected chi connectivity index (χ4v) is 5.17. The van der Waals surface area contributed by atoms with E-state index >= 15 is 0 Å². The number of ether oxygens (including phenoxy) is 1. The summed E-state index contributed by atoms with van der Waals surface area (Å²) in [7, 11) is 0. The van der Waals surface area contributed by atoms with Crippen LogP contribution in [0, 0.1) is 5.92 Å². The predicted molar refractivity (Wildman–Crippen MR) is 142 cm³/mol. The molecular weight excluding hydrogens is 549 g/mol. The number of hydrogen-bond acceptors (Lipinski definition) is 8. The molecule has 0 spiro atoms. The van der Waals surface area contributed by atoms with Crippen LogP contribution >= 0.6 is 11.8 Å². The van der Waals surface area contributed by atoms with Gasteiger partial charge in [-0.3, -0.25) is 29.1 Å². The van der Waals surface area contributed by atoms with Crippen molar-refractivity contribution in [2.75, 3.05) is 23.1 Å². The summed E-state index contributed by atoms with van der Waals surface area (Å²) in [6, 6.07) is 14.5. The number of thioether (sulfide) groups is 1. The molecule has 4 rings (SSSR count). The minimum absolute atomic E-state index is 0.0682. The number of nitrogens with zero attached hydrogens (tertiary/aromatic N) is 2. The van der Waals surface area contributed by atoms with Gasteiger partial charge in [0.25, 0.3) is 5.91 Å². The number of primary amides is 1. The highest BCUT2D eigenvalue weighted by Gasteiger charge is 2.40. The molecule has 210 valence electrons. The van der Waals surface area contributed by atoms with Crippen LogP contribution in [0.1, 0.15) is 12.0 Å². The second-order valence-electron chi connectivity index (χ2n) is 9.00. The van der Waals surface area contributed by atoms with E-state index in [2.05, 4.69) is 10.3 Å². The van der Waals surface area contributed by atoms with Gasteiger partial charge in [0.1, 0.15) is 5.75 Å². The number of nitrogens with two attached hydrogens (primary N) is 1. The molecular formula is C27H25F3N4O5S. The van der Waals surface area contributed by atoms with Crippen molar-refractivity contribution in [1.82, 2.24) is 10.3 Å². The summed E-state index contributed by atoms with van der Waals surface area (Å²) in [5.74, 6) is -6.65. The van der Waals surface area contributed by atoms with Crippen LogP contribution < -0.4 is 20.7 Å². The van der Waals surface area contributed by atoms with Crippen LogP contribution in [0.4, 0.5) is 18.9 Å². The van der Waals surface area contributed by atoms with Gasteiger partial charge in [0.2, 0.25) is 17.5 Å². The Hall–Kier alpha value is -3.97. The lowest BCUT2D eigenvalue weighted by Crippen LogP contribution is -2.52. The van der Waals surface area contributed by atoms with Crippen LogP contribution in [-0.2, 0) is 25.7 Å². The number of Topliss-reactive ketones (excluding diaryl/α,β-unsaturated/α-hetero) is 2. The molecule has 3 N–H and O–H groups in total. The molecule has 0 saturated carbocycles. The number of alkyl halides is 3. The average molecular weight is 575 g/mol. The van der Waals surface area contributed by atoms with Gasteiger partial charge >= 0.3 is 6.18 Å². The van der Waals surface area contributed by atoms with E-state index in [0.29, 0.717) is 28.8 Å². The van der Waals surface area contributed by atoms with Crippen molar-refractivity contribution < 1.29 is 37.1 Å². The summed E-state index contributed by atoms with van der Waals surface area (Å²) in [6.07, 6.45) is -3.58. The molecule has 2 amide bonds. The van der Waals surface area contributed by atoms with E-state index in [1.165, 1.54) is 0 Å². The number of rotatable bonds is 12. The number of nitrogens with one attached hydrogen (secondary N) is 1. The Balaban J connectivity index is 1.52. The summed E-state index contributed by atoms with van der Waals surface area (Å²) in [6.45, 7) is -0.151. The number of aromatic nitrogens is 1. The maximum atomic E-state index is 13.5. The Kier molecular flexibility index (Phi) is 9.05. The summed E-state index contributed by atoms with van der Waals surface area (Å²) in [5.41, 5.74) is 7.45. The SMILES string of the molecule is NC(=O)[C@@H](NCc1cnc2ccccc2c1)C(CCSCC(=O)C(F)(F)F)C(=O)C(=O)N1COc2ccccc21. The highest BCUT2D eigenvalue weighted by atomic mass is 32.2. The van der Waals surface area contributed by atoms with E-state index < -0.39 is 47.3 Å². The van der Waals surface area contributed by atoms with Crippen LogP contribution in [-0.4, -0.2) is 58.8 Å². The van der Waals surface area contributed by atoms with Crippen LogP contribution in [0.15, 0.2) is 60.8 Å².